The van der Waals surface area contributed by atoms with Gasteiger partial charge in [0.05, 0.1) is 4.90 Å². The molecule has 4 N–H and O–H groups in total. The van der Waals surface area contributed by atoms with Crippen LogP contribution in [-0.4, -0.2) is 13.4 Å². The van der Waals surface area contributed by atoms with Gasteiger partial charge in [0.1, 0.15) is 0 Å². The maximum atomic E-state index is 11.9. The summed E-state index contributed by atoms with van der Waals surface area (Å²) in [7, 11) is -3.58. The average molecular weight is 343 g/mol. The minimum atomic E-state index is -3.58. The van der Waals surface area contributed by atoms with Crippen molar-refractivity contribution in [1.82, 2.24) is 4.98 Å². The van der Waals surface area contributed by atoms with E-state index in [1.807, 2.05) is 0 Å². The fraction of sp³-hybridized carbons (Fsp3) is 0. The minimum Gasteiger partial charge on any atom is -0.324 e. The molecule has 106 valence electrons. The van der Waals surface area contributed by atoms with Crippen LogP contribution in [0, 0.1) is 0 Å². The van der Waals surface area contributed by atoms with E-state index in [0.717, 1.165) is 0 Å². The lowest BCUT2D eigenvalue weighted by atomic mass is 10.3. The number of sulfonamides is 1. The van der Waals surface area contributed by atoms with E-state index < -0.39 is 10.0 Å². The molecule has 2 rings (SSSR count). The van der Waals surface area contributed by atoms with Gasteiger partial charge in [0.15, 0.2) is 5.13 Å². The Kier molecular flexibility index (Phi) is 7.09. The van der Waals surface area contributed by atoms with Crippen LogP contribution in [0.4, 0.5) is 10.8 Å². The van der Waals surface area contributed by atoms with Gasteiger partial charge in [-0.2, -0.15) is 0 Å². The Morgan fingerprint density at radius 1 is 1.16 bits per heavy atom. The number of anilines is 2. The normalized spacial score (nSPS) is 9.95. The van der Waals surface area contributed by atoms with Crippen LogP contribution in [0.25, 0.3) is 0 Å². The van der Waals surface area contributed by atoms with Crippen molar-refractivity contribution in [1.29, 1.82) is 0 Å². The number of nitrogens with one attached hydrogen (secondary N) is 2. The van der Waals surface area contributed by atoms with Gasteiger partial charge in [0.25, 0.3) is 10.0 Å². The summed E-state index contributed by atoms with van der Waals surface area (Å²) in [5.74, 6) is 5.20. The monoisotopic (exact) mass is 342 g/mol. The summed E-state index contributed by atoms with van der Waals surface area (Å²) in [6.45, 7) is 0. The van der Waals surface area contributed by atoms with Gasteiger partial charge in [-0.3, -0.25) is 10.6 Å². The highest BCUT2D eigenvalue weighted by molar-refractivity contribution is 7.93. The zero-order valence-electron chi connectivity index (χ0n) is 9.44. The van der Waals surface area contributed by atoms with Gasteiger partial charge in [-0.15, -0.1) is 36.2 Å². The number of hydrazine groups is 1. The molecule has 0 aliphatic rings. The molecule has 1 heterocycles. The third-order valence-electron chi connectivity index (χ3n) is 1.99. The number of halogens is 2. The molecular formula is C9H12Cl2N4O2S2. The van der Waals surface area contributed by atoms with Crippen molar-refractivity contribution in [2.24, 2.45) is 5.84 Å². The topological polar surface area (TPSA) is 97.1 Å². The van der Waals surface area contributed by atoms with Gasteiger partial charge < -0.3 is 5.43 Å². The molecule has 6 nitrogen and oxygen atoms in total. The third-order valence-corrected chi connectivity index (χ3v) is 4.16. The Morgan fingerprint density at radius 3 is 2.26 bits per heavy atom. The third kappa shape index (κ3) is 4.51. The number of hydrogen-bond donors (Lipinski definition) is 3. The first-order valence-corrected chi connectivity index (χ1v) is 6.97. The Balaban J connectivity index is 0.00000162. The highest BCUT2D eigenvalue weighted by atomic mass is 35.5. The highest BCUT2D eigenvalue weighted by Crippen LogP contribution is 2.18. The van der Waals surface area contributed by atoms with Crippen LogP contribution in [0.5, 0.6) is 0 Å². The number of aromatic nitrogens is 1. The fourth-order valence-corrected chi connectivity index (χ4v) is 2.97. The van der Waals surface area contributed by atoms with E-state index in [2.05, 4.69) is 15.1 Å². The molecule has 0 bridgehead atoms. The lowest BCUT2D eigenvalue weighted by molar-refractivity contribution is 0.601. The van der Waals surface area contributed by atoms with Gasteiger partial charge in [0, 0.05) is 17.3 Å². The number of nitrogen functional groups attached to an aromatic ring is 1. The molecule has 0 unspecified atom stereocenters. The van der Waals surface area contributed by atoms with Crippen LogP contribution >= 0.6 is 36.2 Å². The number of rotatable bonds is 4. The fourth-order valence-electron chi connectivity index (χ4n) is 1.18. The molecule has 0 spiro atoms. The lowest BCUT2D eigenvalue weighted by Crippen LogP contribution is -2.13. The zero-order chi connectivity index (χ0) is 12.3. The molecule has 0 fully saturated rings. The Bertz CT molecular complexity index is 587. The Morgan fingerprint density at radius 2 is 1.79 bits per heavy atom. The Labute approximate surface area is 127 Å². The molecule has 10 heteroatoms. The summed E-state index contributed by atoms with van der Waals surface area (Å²) < 4.78 is 26.2. The molecule has 0 saturated carbocycles. The summed E-state index contributed by atoms with van der Waals surface area (Å²) in [5, 5.41) is 2.03. The van der Waals surface area contributed by atoms with Crippen molar-refractivity contribution in [3.05, 3.63) is 35.8 Å². The van der Waals surface area contributed by atoms with Crippen molar-refractivity contribution in [3.63, 3.8) is 0 Å². The van der Waals surface area contributed by atoms with Gasteiger partial charge in [-0.25, -0.2) is 13.4 Å². The van der Waals surface area contributed by atoms with E-state index in [0.29, 0.717) is 10.8 Å². The van der Waals surface area contributed by atoms with Gasteiger partial charge in [-0.05, 0) is 24.3 Å². The maximum Gasteiger partial charge on any atom is 0.263 e. The quantitative estimate of drug-likeness (QED) is 0.583. The van der Waals surface area contributed by atoms with E-state index in [1.165, 1.54) is 29.7 Å². The number of hydrogen-bond acceptors (Lipinski definition) is 6. The van der Waals surface area contributed by atoms with Crippen LogP contribution in [0.3, 0.4) is 0 Å². The SMILES string of the molecule is Cl.Cl.NNc1ccc(S(=O)(=O)Nc2nccs2)cc1. The molecular weight excluding hydrogens is 331 g/mol. The van der Waals surface area contributed by atoms with Gasteiger partial charge in [-0.1, -0.05) is 0 Å². The molecule has 0 saturated heterocycles. The predicted octanol–water partition coefficient (Wildman–Crippen LogP) is 2.07. The zero-order valence-corrected chi connectivity index (χ0v) is 12.7. The van der Waals surface area contributed by atoms with E-state index in [1.54, 1.807) is 17.5 Å². The van der Waals surface area contributed by atoms with Crippen molar-refractivity contribution >= 4 is 57.0 Å². The standard InChI is InChI=1S/C9H10N4O2S2.2ClH/c10-12-7-1-3-8(4-2-7)17(14,15)13-9-11-5-6-16-9;;/h1-6,12H,10H2,(H,11,13);2*1H. The van der Waals surface area contributed by atoms with Crippen molar-refractivity contribution in [3.8, 4) is 0 Å². The highest BCUT2D eigenvalue weighted by Gasteiger charge is 2.14. The number of benzene rings is 1. The second-order valence-corrected chi connectivity index (χ2v) is 5.69. The Hall–Kier alpha value is -1.06. The average Bonchev–Trinajstić information content (AvgIpc) is 2.81. The van der Waals surface area contributed by atoms with E-state index in [9.17, 15) is 8.42 Å². The van der Waals surface area contributed by atoms with Crippen molar-refractivity contribution in [2.45, 2.75) is 4.90 Å². The first kappa shape index (κ1) is 17.9. The number of thiazole rings is 1. The van der Waals surface area contributed by atoms with Crippen LogP contribution in [0.1, 0.15) is 0 Å². The smallest absolute Gasteiger partial charge is 0.263 e. The molecule has 1 aromatic carbocycles. The molecule has 2 aromatic rings. The molecule has 1 aromatic heterocycles. The summed E-state index contributed by atoms with van der Waals surface area (Å²) in [6.07, 6.45) is 1.53. The summed E-state index contributed by atoms with van der Waals surface area (Å²) >= 11 is 1.22. The predicted molar refractivity (Wildman–Crippen MR) is 81.7 cm³/mol. The van der Waals surface area contributed by atoms with Crippen LogP contribution in [-0.2, 0) is 10.0 Å². The second kappa shape index (κ2) is 7.51. The van der Waals surface area contributed by atoms with Gasteiger partial charge in [0.2, 0.25) is 0 Å². The first-order valence-electron chi connectivity index (χ1n) is 4.61. The lowest BCUT2D eigenvalue weighted by Gasteiger charge is -2.06. The van der Waals surface area contributed by atoms with E-state index in [-0.39, 0.29) is 29.7 Å². The summed E-state index contributed by atoms with van der Waals surface area (Å²) in [5.41, 5.74) is 3.06. The molecule has 0 aliphatic carbocycles. The largest absolute Gasteiger partial charge is 0.324 e. The van der Waals surface area contributed by atoms with Crippen molar-refractivity contribution in [2.75, 3.05) is 10.1 Å². The van der Waals surface area contributed by atoms with Crippen LogP contribution in [0.15, 0.2) is 40.7 Å². The first-order chi connectivity index (χ1) is 8.12. The number of nitrogens with zero attached hydrogens (tertiary/aromatic N) is 1. The maximum absolute atomic E-state index is 11.9. The summed E-state index contributed by atoms with van der Waals surface area (Å²) in [6, 6.07) is 6.09. The summed E-state index contributed by atoms with van der Waals surface area (Å²) in [4.78, 5) is 4.02. The molecule has 0 atom stereocenters. The van der Waals surface area contributed by atoms with Crippen LogP contribution in [0.2, 0.25) is 0 Å². The van der Waals surface area contributed by atoms with E-state index in [4.69, 9.17) is 5.84 Å². The molecule has 19 heavy (non-hydrogen) atoms. The minimum absolute atomic E-state index is 0. The number of nitrogens with two attached hydrogens (primary N) is 1. The van der Waals surface area contributed by atoms with Crippen molar-refractivity contribution < 1.29 is 8.42 Å². The molecule has 0 radical (unpaired) electrons. The van der Waals surface area contributed by atoms with Gasteiger partial charge >= 0.3 is 0 Å². The van der Waals surface area contributed by atoms with Crippen LogP contribution < -0.4 is 16.0 Å². The second-order valence-electron chi connectivity index (χ2n) is 3.11. The molecule has 0 aliphatic heterocycles. The van der Waals surface area contributed by atoms with E-state index >= 15 is 0 Å². The molecule has 0 amide bonds.